The highest BCUT2D eigenvalue weighted by Crippen LogP contribution is 2.18. The van der Waals surface area contributed by atoms with Crippen molar-refractivity contribution in [3.63, 3.8) is 0 Å². The van der Waals surface area contributed by atoms with E-state index < -0.39 is 0 Å². The number of nitrogens with one attached hydrogen (secondary N) is 1. The molecule has 7 nitrogen and oxygen atoms in total. The summed E-state index contributed by atoms with van der Waals surface area (Å²) in [5, 5.41) is 15.3. The van der Waals surface area contributed by atoms with Crippen molar-refractivity contribution in [2.24, 2.45) is 0 Å². The van der Waals surface area contributed by atoms with E-state index in [4.69, 9.17) is 0 Å². The van der Waals surface area contributed by atoms with Crippen molar-refractivity contribution < 1.29 is 4.79 Å². The van der Waals surface area contributed by atoms with E-state index in [0.717, 1.165) is 42.8 Å². The number of carbonyl (C=O) groups is 1. The predicted octanol–water partition coefficient (Wildman–Crippen LogP) is 2.59. The lowest BCUT2D eigenvalue weighted by Crippen LogP contribution is -2.44. The fraction of sp³-hybridized carbons (Fsp3) is 0.556. The van der Waals surface area contributed by atoms with Gasteiger partial charge in [0.15, 0.2) is 5.82 Å². The van der Waals surface area contributed by atoms with Crippen molar-refractivity contribution in [3.8, 4) is 0 Å². The van der Waals surface area contributed by atoms with E-state index in [9.17, 15) is 4.79 Å². The van der Waals surface area contributed by atoms with Crippen molar-refractivity contribution in [2.75, 3.05) is 13.1 Å². The van der Waals surface area contributed by atoms with Gasteiger partial charge in [0, 0.05) is 29.2 Å². The zero-order valence-electron chi connectivity index (χ0n) is 15.4. The van der Waals surface area contributed by atoms with Gasteiger partial charge >= 0.3 is 0 Å². The van der Waals surface area contributed by atoms with Crippen molar-refractivity contribution in [1.82, 2.24) is 30.4 Å². The summed E-state index contributed by atoms with van der Waals surface area (Å²) < 4.78 is 2.86. The predicted molar refractivity (Wildman–Crippen MR) is 103 cm³/mol. The van der Waals surface area contributed by atoms with Gasteiger partial charge in [-0.2, -0.15) is 0 Å². The molecule has 2 aromatic rings. The average Bonchev–Trinajstić information content (AvgIpc) is 3.06. The van der Waals surface area contributed by atoms with E-state index in [1.54, 1.807) is 0 Å². The molecule has 2 heterocycles. The first kappa shape index (κ1) is 19.0. The van der Waals surface area contributed by atoms with Crippen LogP contribution in [0.1, 0.15) is 49.8 Å². The molecule has 1 saturated heterocycles. The second-order valence-electron chi connectivity index (χ2n) is 7.71. The molecule has 140 valence electrons. The number of carbonyl (C=O) groups excluding carboxylic acids is 1. The summed E-state index contributed by atoms with van der Waals surface area (Å²) in [5.74, 6) is 0.877. The molecule has 0 aliphatic carbocycles. The second-order valence-corrected chi connectivity index (χ2v) is 8.62. The summed E-state index contributed by atoms with van der Waals surface area (Å²) in [4.78, 5) is 14.7. The highest BCUT2D eigenvalue weighted by Gasteiger charge is 2.25. The quantitative estimate of drug-likeness (QED) is 0.822. The lowest BCUT2D eigenvalue weighted by atomic mass is 10.0. The largest absolute Gasteiger partial charge is 0.349 e. The number of tetrazole rings is 1. The van der Waals surface area contributed by atoms with Gasteiger partial charge in [-0.3, -0.25) is 9.69 Å². The maximum Gasteiger partial charge on any atom is 0.251 e. The number of likely N-dealkylation sites (tertiary alicyclic amines) is 1. The van der Waals surface area contributed by atoms with Crippen LogP contribution >= 0.6 is 15.9 Å². The zero-order chi connectivity index (χ0) is 18.7. The lowest BCUT2D eigenvalue weighted by molar-refractivity contribution is 0.0906. The van der Waals surface area contributed by atoms with Crippen LogP contribution in [0.2, 0.25) is 0 Å². The van der Waals surface area contributed by atoms with Crippen molar-refractivity contribution in [1.29, 1.82) is 0 Å². The van der Waals surface area contributed by atoms with Gasteiger partial charge in [0.2, 0.25) is 0 Å². The molecule has 1 aliphatic heterocycles. The highest BCUT2D eigenvalue weighted by molar-refractivity contribution is 9.10. The minimum absolute atomic E-state index is 0.00683. The van der Waals surface area contributed by atoms with Crippen LogP contribution in [0.5, 0.6) is 0 Å². The van der Waals surface area contributed by atoms with Gasteiger partial charge in [-0.25, -0.2) is 4.68 Å². The smallest absolute Gasteiger partial charge is 0.251 e. The summed E-state index contributed by atoms with van der Waals surface area (Å²) in [5.41, 5.74) is 0.565. The minimum atomic E-state index is -0.129. The molecule has 0 atom stereocenters. The third-order valence-electron chi connectivity index (χ3n) is 4.56. The Morgan fingerprint density at radius 2 is 1.88 bits per heavy atom. The molecular formula is C18H25BrN6O. The van der Waals surface area contributed by atoms with Gasteiger partial charge < -0.3 is 5.32 Å². The number of benzene rings is 1. The summed E-state index contributed by atoms with van der Waals surface area (Å²) in [6.07, 6.45) is 1.86. The van der Waals surface area contributed by atoms with Crippen LogP contribution < -0.4 is 5.32 Å². The Balaban J connectivity index is 1.51. The topological polar surface area (TPSA) is 75.9 Å². The van der Waals surface area contributed by atoms with E-state index in [2.05, 4.69) is 62.4 Å². The van der Waals surface area contributed by atoms with Gasteiger partial charge in [0.1, 0.15) is 0 Å². The number of halogens is 1. The Labute approximate surface area is 162 Å². The first-order chi connectivity index (χ1) is 12.3. The van der Waals surface area contributed by atoms with Gasteiger partial charge in [-0.05, 0) is 68.3 Å². The van der Waals surface area contributed by atoms with E-state index in [-0.39, 0.29) is 17.5 Å². The van der Waals surface area contributed by atoms with Crippen LogP contribution in [-0.4, -0.2) is 50.1 Å². The summed E-state index contributed by atoms with van der Waals surface area (Å²) in [6, 6.07) is 7.65. The van der Waals surface area contributed by atoms with Crippen molar-refractivity contribution in [3.05, 3.63) is 40.1 Å². The number of piperidine rings is 1. The van der Waals surface area contributed by atoms with Crippen molar-refractivity contribution in [2.45, 2.75) is 51.7 Å². The van der Waals surface area contributed by atoms with E-state index >= 15 is 0 Å². The fourth-order valence-corrected chi connectivity index (χ4v) is 3.40. The normalized spacial score (nSPS) is 16.6. The standard InChI is InChI=1S/C18H25BrN6O/c1-18(2,3)25-16(21-22-23-25)12-24-10-8-15(9-11-24)20-17(26)13-4-6-14(19)7-5-13/h4-7,15H,8-12H2,1-3H3,(H,20,26). The fourth-order valence-electron chi connectivity index (χ4n) is 3.13. The van der Waals surface area contributed by atoms with Crippen LogP contribution in [0.3, 0.4) is 0 Å². The molecule has 0 saturated carbocycles. The minimum Gasteiger partial charge on any atom is -0.349 e. The molecule has 1 aromatic carbocycles. The van der Waals surface area contributed by atoms with Crippen LogP contribution in [0.15, 0.2) is 28.7 Å². The molecule has 0 radical (unpaired) electrons. The van der Waals surface area contributed by atoms with Gasteiger partial charge in [-0.1, -0.05) is 15.9 Å². The molecule has 1 aromatic heterocycles. The van der Waals surface area contributed by atoms with E-state index in [1.807, 2.05) is 28.9 Å². The van der Waals surface area contributed by atoms with Crippen LogP contribution in [0.25, 0.3) is 0 Å². The Bertz CT molecular complexity index is 744. The molecule has 3 rings (SSSR count). The molecule has 0 spiro atoms. The number of rotatable bonds is 4. The molecule has 0 unspecified atom stereocenters. The first-order valence-electron chi connectivity index (χ1n) is 8.89. The van der Waals surface area contributed by atoms with Crippen molar-refractivity contribution >= 4 is 21.8 Å². The molecule has 1 amide bonds. The maximum absolute atomic E-state index is 12.3. The Morgan fingerprint density at radius 1 is 1.23 bits per heavy atom. The Morgan fingerprint density at radius 3 is 2.50 bits per heavy atom. The number of nitrogens with zero attached hydrogens (tertiary/aromatic N) is 5. The molecular weight excluding hydrogens is 396 g/mol. The molecule has 8 heteroatoms. The second kappa shape index (κ2) is 7.84. The summed E-state index contributed by atoms with van der Waals surface area (Å²) in [6.45, 7) is 8.85. The number of aromatic nitrogens is 4. The maximum atomic E-state index is 12.3. The van der Waals surface area contributed by atoms with E-state index in [1.165, 1.54) is 0 Å². The molecule has 1 fully saturated rings. The van der Waals surface area contributed by atoms with Gasteiger partial charge in [0.05, 0.1) is 12.1 Å². The third kappa shape index (κ3) is 4.67. The Hall–Kier alpha value is -1.80. The monoisotopic (exact) mass is 420 g/mol. The zero-order valence-corrected chi connectivity index (χ0v) is 17.0. The third-order valence-corrected chi connectivity index (χ3v) is 5.09. The molecule has 26 heavy (non-hydrogen) atoms. The average molecular weight is 421 g/mol. The van der Waals surface area contributed by atoms with Gasteiger partial charge in [0.25, 0.3) is 5.91 Å². The number of hydrogen-bond acceptors (Lipinski definition) is 5. The lowest BCUT2D eigenvalue weighted by Gasteiger charge is -2.32. The molecule has 1 N–H and O–H groups in total. The summed E-state index contributed by atoms with van der Waals surface area (Å²) in [7, 11) is 0. The molecule has 0 bridgehead atoms. The summed E-state index contributed by atoms with van der Waals surface area (Å²) >= 11 is 3.39. The first-order valence-corrected chi connectivity index (χ1v) is 9.69. The number of amides is 1. The van der Waals surface area contributed by atoms with E-state index in [0.29, 0.717) is 5.56 Å². The molecule has 1 aliphatic rings. The number of hydrogen-bond donors (Lipinski definition) is 1. The SMILES string of the molecule is CC(C)(C)n1nnnc1CN1CCC(NC(=O)c2ccc(Br)cc2)CC1. The Kier molecular flexibility index (Phi) is 5.72. The van der Waals surface area contributed by atoms with Crippen LogP contribution in [0, 0.1) is 0 Å². The van der Waals surface area contributed by atoms with Crippen LogP contribution in [-0.2, 0) is 12.1 Å². The van der Waals surface area contributed by atoms with Crippen LogP contribution in [0.4, 0.5) is 0 Å². The highest BCUT2D eigenvalue weighted by atomic mass is 79.9. The van der Waals surface area contributed by atoms with Gasteiger partial charge in [-0.15, -0.1) is 5.10 Å².